The Hall–Kier alpha value is -2.86. The van der Waals surface area contributed by atoms with Crippen molar-refractivity contribution in [3.05, 3.63) is 65.7 Å². The van der Waals surface area contributed by atoms with Gasteiger partial charge in [-0.2, -0.15) is 0 Å². The highest BCUT2D eigenvalue weighted by Gasteiger charge is 2.20. The molecule has 0 atom stereocenters. The van der Waals surface area contributed by atoms with E-state index in [4.69, 9.17) is 4.99 Å². The van der Waals surface area contributed by atoms with Crippen molar-refractivity contribution in [3.63, 3.8) is 0 Å². The number of carbonyl (C=O) groups excluding carboxylic acids is 1. The van der Waals surface area contributed by atoms with Crippen molar-refractivity contribution < 1.29 is 4.79 Å². The van der Waals surface area contributed by atoms with Gasteiger partial charge in [-0.15, -0.1) is 0 Å². The van der Waals surface area contributed by atoms with Gasteiger partial charge in [0.1, 0.15) is 0 Å². The quantitative estimate of drug-likeness (QED) is 0.451. The van der Waals surface area contributed by atoms with E-state index in [0.717, 1.165) is 63.6 Å². The summed E-state index contributed by atoms with van der Waals surface area (Å²) in [5.74, 6) is 0.850. The average molecular weight is 422 g/mol. The van der Waals surface area contributed by atoms with Gasteiger partial charge in [0.25, 0.3) is 0 Å². The van der Waals surface area contributed by atoms with Crippen LogP contribution in [0, 0.1) is 0 Å². The first kappa shape index (κ1) is 22.8. The predicted molar refractivity (Wildman–Crippen MR) is 128 cm³/mol. The molecule has 0 spiro atoms. The Bertz CT molecular complexity index is 827. The standard InChI is InChI=1S/C25H35N5O/c1-3-26-25(27-16-13-21-9-11-23(12-10-21)28-20(2)31)29-24-14-17-30(18-15-24)19-22-7-5-4-6-8-22/h4-12,24H,3,13-19H2,1-2H3,(H,28,31)(H2,26,27,29). The second-order valence-electron chi connectivity index (χ2n) is 8.07. The zero-order chi connectivity index (χ0) is 21.9. The number of benzene rings is 2. The number of amides is 1. The Morgan fingerprint density at radius 2 is 1.74 bits per heavy atom. The minimum absolute atomic E-state index is 0.0513. The van der Waals surface area contributed by atoms with Crippen LogP contribution in [0.1, 0.15) is 37.8 Å². The first-order chi connectivity index (χ1) is 15.1. The summed E-state index contributed by atoms with van der Waals surface area (Å²) >= 11 is 0. The van der Waals surface area contributed by atoms with Crippen LogP contribution >= 0.6 is 0 Å². The number of hydrogen-bond acceptors (Lipinski definition) is 3. The number of aliphatic imine (C=N–C) groups is 1. The molecule has 1 fully saturated rings. The number of nitrogens with zero attached hydrogens (tertiary/aromatic N) is 2. The molecule has 0 radical (unpaired) electrons. The number of piperidine rings is 1. The molecule has 2 aromatic rings. The maximum Gasteiger partial charge on any atom is 0.221 e. The molecule has 0 bridgehead atoms. The van der Waals surface area contributed by atoms with Gasteiger partial charge in [-0.1, -0.05) is 42.5 Å². The fourth-order valence-electron chi connectivity index (χ4n) is 3.85. The Kier molecular flexibility index (Phi) is 8.91. The van der Waals surface area contributed by atoms with Gasteiger partial charge in [-0.05, 0) is 49.4 Å². The Labute approximate surface area is 186 Å². The normalized spacial score (nSPS) is 15.5. The Morgan fingerprint density at radius 3 is 2.39 bits per heavy atom. The van der Waals surface area contributed by atoms with Crippen LogP contribution in [0.4, 0.5) is 5.69 Å². The molecule has 6 nitrogen and oxygen atoms in total. The molecular weight excluding hydrogens is 386 g/mol. The van der Waals surface area contributed by atoms with Gasteiger partial charge in [0.15, 0.2) is 5.96 Å². The highest BCUT2D eigenvalue weighted by Crippen LogP contribution is 2.14. The van der Waals surface area contributed by atoms with Crippen molar-refractivity contribution >= 4 is 17.6 Å². The molecule has 0 saturated carbocycles. The number of carbonyl (C=O) groups is 1. The monoisotopic (exact) mass is 421 g/mol. The lowest BCUT2D eigenvalue weighted by Crippen LogP contribution is -2.48. The maximum absolute atomic E-state index is 11.1. The predicted octanol–water partition coefficient (Wildman–Crippen LogP) is 3.41. The molecule has 1 saturated heterocycles. The minimum atomic E-state index is -0.0513. The average Bonchev–Trinajstić information content (AvgIpc) is 2.77. The molecule has 31 heavy (non-hydrogen) atoms. The third-order valence-electron chi connectivity index (χ3n) is 5.47. The lowest BCUT2D eigenvalue weighted by atomic mass is 10.0. The molecule has 2 aromatic carbocycles. The van der Waals surface area contributed by atoms with Crippen molar-refractivity contribution in [1.82, 2.24) is 15.5 Å². The third-order valence-corrected chi connectivity index (χ3v) is 5.47. The Balaban J connectivity index is 1.44. The second-order valence-corrected chi connectivity index (χ2v) is 8.07. The van der Waals surface area contributed by atoms with Crippen LogP contribution in [-0.2, 0) is 17.8 Å². The summed E-state index contributed by atoms with van der Waals surface area (Å²) in [5.41, 5.74) is 3.42. The molecule has 1 heterocycles. The lowest BCUT2D eigenvalue weighted by Gasteiger charge is -2.33. The third kappa shape index (κ3) is 8.06. The van der Waals surface area contributed by atoms with Crippen molar-refractivity contribution in [2.24, 2.45) is 4.99 Å². The lowest BCUT2D eigenvalue weighted by molar-refractivity contribution is -0.114. The first-order valence-electron chi connectivity index (χ1n) is 11.3. The largest absolute Gasteiger partial charge is 0.357 e. The second kappa shape index (κ2) is 12.1. The van der Waals surface area contributed by atoms with Crippen LogP contribution in [0.5, 0.6) is 0 Å². The zero-order valence-electron chi connectivity index (χ0n) is 18.7. The van der Waals surface area contributed by atoms with E-state index in [2.05, 4.69) is 58.1 Å². The SMILES string of the molecule is CCNC(=NCCc1ccc(NC(C)=O)cc1)NC1CCN(Cc2ccccc2)CC1. The number of hydrogen-bond donors (Lipinski definition) is 3. The summed E-state index contributed by atoms with van der Waals surface area (Å²) in [5, 5.41) is 9.79. The number of nitrogens with one attached hydrogen (secondary N) is 3. The molecular formula is C25H35N5O. The van der Waals surface area contributed by atoms with Crippen LogP contribution in [-0.4, -0.2) is 49.0 Å². The number of anilines is 1. The summed E-state index contributed by atoms with van der Waals surface area (Å²) in [4.78, 5) is 18.4. The highest BCUT2D eigenvalue weighted by atomic mass is 16.1. The minimum Gasteiger partial charge on any atom is -0.357 e. The smallest absolute Gasteiger partial charge is 0.221 e. The van der Waals surface area contributed by atoms with Crippen LogP contribution in [0.3, 0.4) is 0 Å². The molecule has 0 aliphatic carbocycles. The number of guanidine groups is 1. The zero-order valence-corrected chi connectivity index (χ0v) is 18.7. The highest BCUT2D eigenvalue weighted by molar-refractivity contribution is 5.88. The maximum atomic E-state index is 11.1. The van der Waals surface area contributed by atoms with E-state index in [1.165, 1.54) is 18.1 Å². The van der Waals surface area contributed by atoms with E-state index in [-0.39, 0.29) is 5.91 Å². The fourth-order valence-corrected chi connectivity index (χ4v) is 3.85. The molecule has 3 N–H and O–H groups in total. The van der Waals surface area contributed by atoms with Crippen molar-refractivity contribution in [2.45, 2.75) is 45.7 Å². The molecule has 0 unspecified atom stereocenters. The van der Waals surface area contributed by atoms with E-state index in [0.29, 0.717) is 6.04 Å². The Morgan fingerprint density at radius 1 is 1.03 bits per heavy atom. The molecule has 1 aliphatic heterocycles. The van der Waals surface area contributed by atoms with Gasteiger partial charge in [-0.3, -0.25) is 14.7 Å². The van der Waals surface area contributed by atoms with Crippen LogP contribution in [0.15, 0.2) is 59.6 Å². The molecule has 1 aliphatic rings. The topological polar surface area (TPSA) is 68.8 Å². The van der Waals surface area contributed by atoms with E-state index >= 15 is 0 Å². The van der Waals surface area contributed by atoms with Crippen LogP contribution < -0.4 is 16.0 Å². The summed E-state index contributed by atoms with van der Waals surface area (Å²) in [6, 6.07) is 19.1. The molecule has 166 valence electrons. The van der Waals surface area contributed by atoms with Crippen LogP contribution in [0.2, 0.25) is 0 Å². The summed E-state index contributed by atoms with van der Waals surface area (Å²) < 4.78 is 0. The molecule has 6 heteroatoms. The molecule has 0 aromatic heterocycles. The van der Waals surface area contributed by atoms with Gasteiger partial charge >= 0.3 is 0 Å². The summed E-state index contributed by atoms with van der Waals surface area (Å²) in [6.45, 7) is 8.43. The van der Waals surface area contributed by atoms with Gasteiger partial charge in [-0.25, -0.2) is 0 Å². The summed E-state index contributed by atoms with van der Waals surface area (Å²) in [7, 11) is 0. The van der Waals surface area contributed by atoms with Crippen molar-refractivity contribution in [2.75, 3.05) is 31.5 Å². The molecule has 3 rings (SSSR count). The van der Waals surface area contributed by atoms with Crippen molar-refractivity contribution in [3.8, 4) is 0 Å². The first-order valence-corrected chi connectivity index (χ1v) is 11.3. The van der Waals surface area contributed by atoms with Gasteiger partial charge in [0.05, 0.1) is 0 Å². The van der Waals surface area contributed by atoms with E-state index < -0.39 is 0 Å². The van der Waals surface area contributed by atoms with Crippen LogP contribution in [0.25, 0.3) is 0 Å². The van der Waals surface area contributed by atoms with Gasteiger partial charge in [0.2, 0.25) is 5.91 Å². The number of rotatable bonds is 8. The van der Waals surface area contributed by atoms with E-state index in [1.54, 1.807) is 0 Å². The molecule has 1 amide bonds. The van der Waals surface area contributed by atoms with Crippen molar-refractivity contribution in [1.29, 1.82) is 0 Å². The number of likely N-dealkylation sites (tertiary alicyclic amines) is 1. The van der Waals surface area contributed by atoms with Gasteiger partial charge < -0.3 is 16.0 Å². The van der Waals surface area contributed by atoms with Gasteiger partial charge in [0, 0.05) is 51.4 Å². The fraction of sp³-hybridized carbons (Fsp3) is 0.440. The summed E-state index contributed by atoms with van der Waals surface area (Å²) in [6.07, 6.45) is 3.12. The van der Waals surface area contributed by atoms with E-state index in [9.17, 15) is 4.79 Å². The van der Waals surface area contributed by atoms with E-state index in [1.807, 2.05) is 24.3 Å².